The van der Waals surface area contributed by atoms with Gasteiger partial charge in [-0.25, -0.2) is 4.98 Å². The van der Waals surface area contributed by atoms with Gasteiger partial charge in [0.05, 0.1) is 12.8 Å². The first-order valence-electron chi connectivity index (χ1n) is 23.9. The molecule has 6 heteroatoms. The summed E-state index contributed by atoms with van der Waals surface area (Å²) in [4.78, 5) is 4.86. The number of aromatic nitrogens is 4. The second kappa shape index (κ2) is 16.2. The average Bonchev–Trinajstić information content (AvgIpc) is 3.86. The number of para-hydroxylation sites is 2. The molecule has 0 unspecified atom stereocenters. The average molecular weight is 1070 g/mol. The van der Waals surface area contributed by atoms with E-state index in [2.05, 4.69) is 203 Å². The van der Waals surface area contributed by atoms with E-state index in [0.29, 0.717) is 23.4 Å². The van der Waals surface area contributed by atoms with Gasteiger partial charge < -0.3 is 13.9 Å². The second-order valence-electron chi connectivity index (χ2n) is 20.6. The smallest absolute Gasteiger partial charge is 0.267 e. The zero-order valence-corrected chi connectivity index (χ0v) is 41.7. The minimum absolute atomic E-state index is 0. The van der Waals surface area contributed by atoms with Crippen LogP contribution in [0.25, 0.3) is 83.6 Å². The van der Waals surface area contributed by atoms with E-state index in [9.17, 15) is 1.37 Å². The molecule has 2 aliphatic rings. The molecule has 0 saturated heterocycles. The first-order valence-corrected chi connectivity index (χ1v) is 23.4. The molecule has 68 heavy (non-hydrogen) atoms. The van der Waals surface area contributed by atoms with Crippen LogP contribution in [0, 0.1) is 18.5 Å². The van der Waals surface area contributed by atoms with Gasteiger partial charge in [-0.15, -0.1) is 29.7 Å². The van der Waals surface area contributed by atoms with E-state index in [1.165, 1.54) is 16.7 Å². The summed E-state index contributed by atoms with van der Waals surface area (Å²) >= 11 is 0. The number of hydrogen-bond acceptors (Lipinski definition) is 2. The molecule has 0 radical (unpaired) electrons. The standard InChI is InChI=1S/C62H52N4O.Pt/c1-60(2,3)41-30-33-63-58(35-41)66-55-25-13-12-22-50(55)51-28-27-44(37-56(51)66)67-43-17-14-16-42(36-43)64-38-57-49-21-11-10-19-47(49)46-18-8-9-20-48(46)52-24-15-23-45(59(52)65(57)39-64)40-26-29-53-54(34-40)62(6,7)32-31-61(53,4)5;/h8-30,33-35,38H,31-32H2,1-7H3;/q-2;/i38D;. The summed E-state index contributed by atoms with van der Waals surface area (Å²) in [5.74, 6) is 1.88. The van der Waals surface area contributed by atoms with E-state index < -0.39 is 0 Å². The van der Waals surface area contributed by atoms with Crippen LogP contribution in [0.4, 0.5) is 0 Å². The SMILES string of the molecule is [2H]c1c2[n+]([c-]n1-c1[c-]c(Oc3[c-]c4c(cc3)c3ccccc3n4-c3cc(C(C)(C)C)ccn3)ccc1)-c1c(-c3ccc4c(c3)C(C)(C)CCC4(C)C)cccc1-c1ccccc1-c1ccccc1-2.[Pt]. The van der Waals surface area contributed by atoms with Crippen LogP contribution < -0.4 is 9.30 Å². The van der Waals surface area contributed by atoms with Gasteiger partial charge in [0.15, 0.2) is 0 Å². The number of rotatable bonds is 5. The molecule has 0 spiro atoms. The van der Waals surface area contributed by atoms with E-state index >= 15 is 0 Å². The zero-order valence-electron chi connectivity index (χ0n) is 40.4. The van der Waals surface area contributed by atoms with Gasteiger partial charge in [-0.05, 0) is 114 Å². The van der Waals surface area contributed by atoms with Gasteiger partial charge in [0.2, 0.25) is 0 Å². The summed E-state index contributed by atoms with van der Waals surface area (Å²) in [6.45, 7) is 16.2. The Hall–Kier alpha value is -6.81. The quantitative estimate of drug-likeness (QED) is 0.127. The van der Waals surface area contributed by atoms with Crippen LogP contribution >= 0.6 is 0 Å². The molecule has 338 valence electrons. The van der Waals surface area contributed by atoms with Crippen molar-refractivity contribution in [1.29, 1.82) is 0 Å². The molecule has 0 fully saturated rings. The van der Waals surface area contributed by atoms with Crippen molar-refractivity contribution in [2.24, 2.45) is 0 Å². The number of imidazole rings is 1. The van der Waals surface area contributed by atoms with Crippen LogP contribution in [0.3, 0.4) is 0 Å². The first kappa shape index (κ1) is 42.5. The summed E-state index contributed by atoms with van der Waals surface area (Å²) in [5.41, 5.74) is 16.0. The van der Waals surface area contributed by atoms with Crippen LogP contribution in [-0.4, -0.2) is 14.1 Å². The molecular formula is C62H52N4OPt-2. The fourth-order valence-corrected chi connectivity index (χ4v) is 10.6. The zero-order chi connectivity index (χ0) is 46.7. The third-order valence-corrected chi connectivity index (χ3v) is 14.4. The molecule has 0 amide bonds. The van der Waals surface area contributed by atoms with Crippen molar-refractivity contribution in [3.8, 4) is 73.3 Å². The second-order valence-corrected chi connectivity index (χ2v) is 20.6. The first-order chi connectivity index (χ1) is 32.7. The molecule has 10 aromatic rings. The number of fused-ring (bicyclic) bond motifs is 12. The molecule has 0 saturated carbocycles. The van der Waals surface area contributed by atoms with E-state index in [-0.39, 0.29) is 37.3 Å². The topological polar surface area (TPSA) is 35.9 Å². The number of hydrogen-bond donors (Lipinski definition) is 0. The number of benzene rings is 7. The van der Waals surface area contributed by atoms with Gasteiger partial charge in [-0.3, -0.25) is 4.57 Å². The van der Waals surface area contributed by atoms with Crippen LogP contribution in [-0.2, 0) is 37.3 Å². The monoisotopic (exact) mass is 1060 g/mol. The maximum Gasteiger partial charge on any atom is 0.267 e. The van der Waals surface area contributed by atoms with Crippen molar-refractivity contribution in [1.82, 2.24) is 14.1 Å². The molecule has 0 bridgehead atoms. The van der Waals surface area contributed by atoms with Crippen molar-refractivity contribution in [2.45, 2.75) is 77.6 Å². The van der Waals surface area contributed by atoms with Crippen molar-refractivity contribution < 1.29 is 31.7 Å². The predicted molar refractivity (Wildman–Crippen MR) is 272 cm³/mol. The largest absolute Gasteiger partial charge is 0.510 e. The Morgan fingerprint density at radius 3 is 2.06 bits per heavy atom. The minimum Gasteiger partial charge on any atom is -0.510 e. The maximum atomic E-state index is 10.1. The molecule has 4 heterocycles. The van der Waals surface area contributed by atoms with Gasteiger partial charge in [0.25, 0.3) is 6.33 Å². The summed E-state index contributed by atoms with van der Waals surface area (Å²) in [6, 6.07) is 60.5. The number of pyridine rings is 1. The van der Waals surface area contributed by atoms with Gasteiger partial charge >= 0.3 is 0 Å². The Morgan fingerprint density at radius 2 is 1.28 bits per heavy atom. The Balaban J connectivity index is 0.00000520. The maximum absolute atomic E-state index is 10.1. The Bertz CT molecular complexity index is 3680. The minimum atomic E-state index is -0.0435. The fourth-order valence-electron chi connectivity index (χ4n) is 10.6. The third kappa shape index (κ3) is 7.17. The Kier molecular flexibility index (Phi) is 10.1. The van der Waals surface area contributed by atoms with Crippen molar-refractivity contribution in [3.05, 3.63) is 199 Å². The van der Waals surface area contributed by atoms with E-state index in [0.717, 1.165) is 90.8 Å². The normalized spacial score (nSPS) is 14.6. The van der Waals surface area contributed by atoms with E-state index in [1.54, 1.807) is 0 Å². The van der Waals surface area contributed by atoms with Crippen LogP contribution in [0.2, 0.25) is 0 Å². The Labute approximate surface area is 415 Å². The van der Waals surface area contributed by atoms with Gasteiger partial charge in [0, 0.05) is 50.5 Å². The van der Waals surface area contributed by atoms with Crippen molar-refractivity contribution in [3.63, 3.8) is 0 Å². The van der Waals surface area contributed by atoms with E-state index in [1.807, 2.05) is 35.0 Å². The molecule has 12 rings (SSSR count). The van der Waals surface area contributed by atoms with Crippen molar-refractivity contribution >= 4 is 21.8 Å². The number of nitrogens with zero attached hydrogens (tertiary/aromatic N) is 4. The van der Waals surface area contributed by atoms with Gasteiger partial charge in [0.1, 0.15) is 5.82 Å². The molecule has 5 nitrogen and oxygen atoms in total. The molecule has 7 aromatic carbocycles. The van der Waals surface area contributed by atoms with E-state index in [4.69, 9.17) is 9.72 Å². The van der Waals surface area contributed by atoms with Gasteiger partial charge in [-0.2, -0.15) is 18.2 Å². The van der Waals surface area contributed by atoms with Gasteiger partial charge in [-0.1, -0.05) is 157 Å². The summed E-state index contributed by atoms with van der Waals surface area (Å²) < 4.78 is 22.9. The third-order valence-electron chi connectivity index (χ3n) is 14.4. The molecular weight excluding hydrogens is 1010 g/mol. The van der Waals surface area contributed by atoms with Crippen LogP contribution in [0.5, 0.6) is 11.5 Å². The fraction of sp³-hybridized carbons (Fsp3) is 0.194. The van der Waals surface area contributed by atoms with Crippen LogP contribution in [0.1, 0.15) is 79.4 Å². The molecule has 3 aromatic heterocycles. The summed E-state index contributed by atoms with van der Waals surface area (Å²) in [6.07, 6.45) is 8.20. The molecule has 1 aliphatic heterocycles. The molecule has 1 aliphatic carbocycles. The summed E-state index contributed by atoms with van der Waals surface area (Å²) in [7, 11) is 0. The predicted octanol–water partition coefficient (Wildman–Crippen LogP) is 15.1. The number of ether oxygens (including phenoxy) is 1. The molecule has 0 atom stereocenters. The van der Waals surface area contributed by atoms with Crippen molar-refractivity contribution in [2.75, 3.05) is 0 Å². The Morgan fingerprint density at radius 1 is 0.632 bits per heavy atom. The van der Waals surface area contributed by atoms with Crippen LogP contribution in [0.15, 0.2) is 164 Å². The molecule has 0 N–H and O–H groups in total. The summed E-state index contributed by atoms with van der Waals surface area (Å²) in [5, 5.41) is 2.18.